The highest BCUT2D eigenvalue weighted by atomic mass is 32.2. The summed E-state index contributed by atoms with van der Waals surface area (Å²) in [6, 6.07) is 13.7. The number of methoxy groups -OCH3 is 1. The topological polar surface area (TPSA) is 96.0 Å². The zero-order chi connectivity index (χ0) is 26.9. The summed E-state index contributed by atoms with van der Waals surface area (Å²) in [5.41, 5.74) is 2.10. The molecule has 0 bridgehead atoms. The van der Waals surface area contributed by atoms with Crippen LogP contribution < -0.4 is 14.4 Å². The van der Waals surface area contributed by atoms with E-state index in [2.05, 4.69) is 5.32 Å². The van der Waals surface area contributed by atoms with Crippen molar-refractivity contribution in [3.8, 4) is 5.75 Å². The van der Waals surface area contributed by atoms with Crippen LogP contribution in [0.4, 0.5) is 5.69 Å². The van der Waals surface area contributed by atoms with E-state index in [1.807, 2.05) is 52.0 Å². The van der Waals surface area contributed by atoms with Crippen LogP contribution >= 0.6 is 0 Å². The highest BCUT2D eigenvalue weighted by Gasteiger charge is 2.32. The molecule has 0 aliphatic carbocycles. The van der Waals surface area contributed by atoms with Crippen molar-refractivity contribution in [2.75, 3.05) is 30.8 Å². The molecule has 0 heterocycles. The van der Waals surface area contributed by atoms with Crippen molar-refractivity contribution < 1.29 is 22.7 Å². The van der Waals surface area contributed by atoms with Gasteiger partial charge in [-0.2, -0.15) is 0 Å². The van der Waals surface area contributed by atoms with E-state index >= 15 is 0 Å². The Balaban J connectivity index is 2.48. The van der Waals surface area contributed by atoms with E-state index in [1.165, 1.54) is 4.90 Å². The third-order valence-electron chi connectivity index (χ3n) is 5.95. The number of ether oxygens (including phenoxy) is 1. The summed E-state index contributed by atoms with van der Waals surface area (Å²) >= 11 is 0. The zero-order valence-corrected chi connectivity index (χ0v) is 23.0. The Morgan fingerprint density at radius 2 is 1.67 bits per heavy atom. The van der Waals surface area contributed by atoms with Crippen LogP contribution in [0.15, 0.2) is 48.5 Å². The molecule has 9 heteroatoms. The molecular formula is C27H39N3O5S. The van der Waals surface area contributed by atoms with E-state index in [9.17, 15) is 18.0 Å². The minimum Gasteiger partial charge on any atom is -0.497 e. The molecule has 0 saturated heterocycles. The first-order valence-corrected chi connectivity index (χ1v) is 14.1. The molecule has 1 N–H and O–H groups in total. The van der Waals surface area contributed by atoms with Crippen LogP contribution in [0.1, 0.15) is 57.6 Å². The summed E-state index contributed by atoms with van der Waals surface area (Å²) in [5, 5.41) is 2.88. The molecule has 2 rings (SSSR count). The molecule has 36 heavy (non-hydrogen) atoms. The van der Waals surface area contributed by atoms with Crippen LogP contribution in [0.3, 0.4) is 0 Å². The average molecular weight is 518 g/mol. The number of nitrogens with zero attached hydrogens (tertiary/aromatic N) is 2. The number of carbonyl (C=O) groups excluding carboxylic acids is 2. The monoisotopic (exact) mass is 517 g/mol. The van der Waals surface area contributed by atoms with Crippen LogP contribution in [0.25, 0.3) is 0 Å². The number of benzene rings is 2. The van der Waals surface area contributed by atoms with Crippen molar-refractivity contribution in [2.24, 2.45) is 0 Å². The number of hydrogen-bond acceptors (Lipinski definition) is 5. The van der Waals surface area contributed by atoms with Crippen LogP contribution in [-0.2, 0) is 26.2 Å². The lowest BCUT2D eigenvalue weighted by Gasteiger charge is -2.33. The Kier molecular flexibility index (Phi) is 10.8. The molecule has 2 aromatic carbocycles. The first-order valence-electron chi connectivity index (χ1n) is 12.3. The molecule has 0 aromatic heterocycles. The minimum absolute atomic E-state index is 0.0548. The number of amides is 2. The molecule has 2 aromatic rings. The van der Waals surface area contributed by atoms with Gasteiger partial charge in [-0.3, -0.25) is 13.9 Å². The lowest BCUT2D eigenvalue weighted by Crippen LogP contribution is -2.52. The fourth-order valence-corrected chi connectivity index (χ4v) is 4.88. The second-order valence-electron chi connectivity index (χ2n) is 9.07. The molecule has 0 unspecified atom stereocenters. The quantitative estimate of drug-likeness (QED) is 0.435. The maximum atomic E-state index is 13.8. The molecular weight excluding hydrogens is 478 g/mol. The Morgan fingerprint density at radius 3 is 2.19 bits per heavy atom. The van der Waals surface area contributed by atoms with E-state index in [-0.39, 0.29) is 18.4 Å². The predicted molar refractivity (Wildman–Crippen MR) is 144 cm³/mol. The van der Waals surface area contributed by atoms with Crippen molar-refractivity contribution in [1.82, 2.24) is 10.2 Å². The Labute approximate surface area is 215 Å². The van der Waals surface area contributed by atoms with E-state index in [0.717, 1.165) is 28.1 Å². The summed E-state index contributed by atoms with van der Waals surface area (Å²) in [6.07, 6.45) is 2.25. The van der Waals surface area contributed by atoms with Gasteiger partial charge in [0.05, 0.1) is 19.1 Å². The SMILES string of the molecule is CCCNC(=O)[C@H](CC)N(Cc1ccc(OC)cc1)C(=O)CN(c1ccccc1C(C)C)S(C)(=O)=O. The number of carbonyl (C=O) groups is 2. The van der Waals surface area contributed by atoms with Crippen molar-refractivity contribution in [1.29, 1.82) is 0 Å². The van der Waals surface area contributed by atoms with Crippen molar-refractivity contribution in [3.05, 3.63) is 59.7 Å². The molecule has 2 amide bonds. The smallest absolute Gasteiger partial charge is 0.244 e. The molecule has 8 nitrogen and oxygen atoms in total. The van der Waals surface area contributed by atoms with Gasteiger partial charge in [0.2, 0.25) is 21.8 Å². The van der Waals surface area contributed by atoms with Gasteiger partial charge in [-0.25, -0.2) is 8.42 Å². The molecule has 0 saturated carbocycles. The Morgan fingerprint density at radius 1 is 1.03 bits per heavy atom. The summed E-state index contributed by atoms with van der Waals surface area (Å²) < 4.78 is 32.1. The lowest BCUT2D eigenvalue weighted by molar-refractivity contribution is -0.140. The van der Waals surface area contributed by atoms with Crippen LogP contribution in [0, 0.1) is 0 Å². The van der Waals surface area contributed by atoms with Gasteiger partial charge in [0.1, 0.15) is 18.3 Å². The van der Waals surface area contributed by atoms with Gasteiger partial charge in [-0.15, -0.1) is 0 Å². The van der Waals surface area contributed by atoms with E-state index < -0.39 is 28.5 Å². The maximum Gasteiger partial charge on any atom is 0.244 e. The fourth-order valence-electron chi connectivity index (χ4n) is 4.01. The minimum atomic E-state index is -3.78. The summed E-state index contributed by atoms with van der Waals surface area (Å²) in [5.74, 6) is 0.0278. The molecule has 198 valence electrons. The van der Waals surface area contributed by atoms with Gasteiger partial charge >= 0.3 is 0 Å². The molecule has 1 atom stereocenters. The molecule has 0 aliphatic heterocycles. The van der Waals surface area contributed by atoms with Crippen molar-refractivity contribution in [2.45, 2.75) is 59.0 Å². The van der Waals surface area contributed by atoms with E-state index in [1.54, 1.807) is 31.4 Å². The number of anilines is 1. The first-order chi connectivity index (χ1) is 17.0. The largest absolute Gasteiger partial charge is 0.497 e. The highest BCUT2D eigenvalue weighted by Crippen LogP contribution is 2.29. The van der Waals surface area contributed by atoms with Crippen molar-refractivity contribution >= 4 is 27.5 Å². The summed E-state index contributed by atoms with van der Waals surface area (Å²) in [7, 11) is -2.21. The van der Waals surface area contributed by atoms with Gasteiger partial charge in [-0.1, -0.05) is 58.0 Å². The fraction of sp³-hybridized carbons (Fsp3) is 0.481. The molecule has 0 fully saturated rings. The van der Waals surface area contributed by atoms with Gasteiger partial charge in [0.25, 0.3) is 0 Å². The van der Waals surface area contributed by atoms with E-state index in [0.29, 0.717) is 24.4 Å². The first kappa shape index (κ1) is 29.2. The average Bonchev–Trinajstić information content (AvgIpc) is 2.85. The van der Waals surface area contributed by atoms with Crippen LogP contribution in [0.2, 0.25) is 0 Å². The number of rotatable bonds is 13. The lowest BCUT2D eigenvalue weighted by atomic mass is 10.0. The summed E-state index contributed by atoms with van der Waals surface area (Å²) in [6.45, 7) is 7.99. The third-order valence-corrected chi connectivity index (χ3v) is 7.08. The third kappa shape index (κ3) is 7.71. The zero-order valence-electron chi connectivity index (χ0n) is 22.2. The number of nitrogens with one attached hydrogen (secondary N) is 1. The maximum absolute atomic E-state index is 13.8. The highest BCUT2D eigenvalue weighted by molar-refractivity contribution is 7.92. The molecule has 0 aliphatic rings. The molecule has 0 radical (unpaired) electrons. The van der Waals surface area contributed by atoms with Crippen LogP contribution in [-0.4, -0.2) is 57.6 Å². The Bertz CT molecular complexity index is 1120. The van der Waals surface area contributed by atoms with Crippen molar-refractivity contribution in [3.63, 3.8) is 0 Å². The second-order valence-corrected chi connectivity index (χ2v) is 11.0. The van der Waals surface area contributed by atoms with Crippen LogP contribution in [0.5, 0.6) is 5.75 Å². The van der Waals surface area contributed by atoms with E-state index in [4.69, 9.17) is 4.74 Å². The predicted octanol–water partition coefficient (Wildman–Crippen LogP) is 3.92. The number of sulfonamides is 1. The summed E-state index contributed by atoms with van der Waals surface area (Å²) in [4.78, 5) is 28.3. The van der Waals surface area contributed by atoms with Gasteiger partial charge in [0.15, 0.2) is 0 Å². The van der Waals surface area contributed by atoms with Gasteiger partial charge < -0.3 is 15.0 Å². The second kappa shape index (κ2) is 13.3. The molecule has 0 spiro atoms. The standard InChI is InChI=1S/C27H39N3O5S/c1-7-17-28-27(32)24(8-2)29(18-21-13-15-22(35-5)16-14-21)26(31)19-30(36(6,33)34)25-12-10-9-11-23(25)20(3)4/h9-16,20,24H,7-8,17-19H2,1-6H3,(H,28,32)/t24-/m0/s1. The number of para-hydroxylation sites is 1. The number of hydrogen-bond donors (Lipinski definition) is 1. The Hall–Kier alpha value is -3.07. The van der Waals surface area contributed by atoms with Gasteiger partial charge in [0, 0.05) is 13.1 Å². The van der Waals surface area contributed by atoms with Gasteiger partial charge in [-0.05, 0) is 48.1 Å². The normalized spacial score (nSPS) is 12.2.